The Morgan fingerprint density at radius 2 is 1.86 bits per heavy atom. The van der Waals surface area contributed by atoms with Crippen LogP contribution in [-0.2, 0) is 9.59 Å². The molecule has 118 valence electrons. The molecule has 3 unspecified atom stereocenters. The molecule has 0 spiro atoms. The van der Waals surface area contributed by atoms with Gasteiger partial charge in [0.25, 0.3) is 0 Å². The maximum absolute atomic E-state index is 12.7. The van der Waals surface area contributed by atoms with Crippen LogP contribution in [-0.4, -0.2) is 34.7 Å². The molecule has 3 N–H and O–H groups in total. The largest absolute Gasteiger partial charge is 0.479 e. The SMILES string of the molecule is CC12CC3CC(C1)CC(C(=O)NCCC(O)C(=O)O)(C3)C2. The Labute approximate surface area is 125 Å². The average Bonchev–Trinajstić information content (AvgIpc) is 2.35. The van der Waals surface area contributed by atoms with Gasteiger partial charge in [0.15, 0.2) is 6.10 Å². The van der Waals surface area contributed by atoms with Crippen molar-refractivity contribution in [3.63, 3.8) is 0 Å². The Balaban J connectivity index is 1.61. The Hall–Kier alpha value is -1.10. The minimum absolute atomic E-state index is 0.0707. The van der Waals surface area contributed by atoms with Gasteiger partial charge in [0, 0.05) is 13.0 Å². The molecule has 5 heteroatoms. The second kappa shape index (κ2) is 4.97. The molecule has 1 amide bonds. The van der Waals surface area contributed by atoms with Gasteiger partial charge in [-0.2, -0.15) is 0 Å². The molecule has 4 fully saturated rings. The topological polar surface area (TPSA) is 86.6 Å². The van der Waals surface area contributed by atoms with Crippen molar-refractivity contribution in [2.24, 2.45) is 22.7 Å². The second-order valence-electron chi connectivity index (χ2n) is 7.95. The lowest BCUT2D eigenvalue weighted by Crippen LogP contribution is -2.57. The normalized spacial score (nSPS) is 41.8. The van der Waals surface area contributed by atoms with Crippen LogP contribution in [0.1, 0.15) is 51.9 Å². The fraction of sp³-hybridized carbons (Fsp3) is 0.875. The van der Waals surface area contributed by atoms with Gasteiger partial charge in [-0.15, -0.1) is 0 Å². The van der Waals surface area contributed by atoms with Crippen LogP contribution in [0.4, 0.5) is 0 Å². The molecule has 4 aliphatic carbocycles. The van der Waals surface area contributed by atoms with Crippen molar-refractivity contribution in [3.8, 4) is 0 Å². The summed E-state index contributed by atoms with van der Waals surface area (Å²) in [5, 5.41) is 20.8. The van der Waals surface area contributed by atoms with Crippen molar-refractivity contribution in [2.45, 2.75) is 58.0 Å². The van der Waals surface area contributed by atoms with Crippen molar-refractivity contribution in [3.05, 3.63) is 0 Å². The van der Waals surface area contributed by atoms with Crippen LogP contribution in [0.25, 0.3) is 0 Å². The molecule has 4 aliphatic rings. The van der Waals surface area contributed by atoms with E-state index in [4.69, 9.17) is 5.11 Å². The Morgan fingerprint density at radius 3 is 2.38 bits per heavy atom. The number of hydrogen-bond donors (Lipinski definition) is 3. The maximum Gasteiger partial charge on any atom is 0.332 e. The number of amides is 1. The summed E-state index contributed by atoms with van der Waals surface area (Å²) < 4.78 is 0. The Morgan fingerprint density at radius 1 is 1.24 bits per heavy atom. The molecule has 3 atom stereocenters. The zero-order chi connectivity index (χ0) is 15.3. The highest BCUT2D eigenvalue weighted by molar-refractivity contribution is 5.83. The van der Waals surface area contributed by atoms with Crippen LogP contribution >= 0.6 is 0 Å². The summed E-state index contributed by atoms with van der Waals surface area (Å²) in [6.45, 7) is 2.56. The van der Waals surface area contributed by atoms with Crippen molar-refractivity contribution in [1.82, 2.24) is 5.32 Å². The minimum Gasteiger partial charge on any atom is -0.479 e. The Kier molecular flexibility index (Phi) is 3.51. The molecule has 0 radical (unpaired) electrons. The fourth-order valence-corrected chi connectivity index (χ4v) is 5.62. The minimum atomic E-state index is -1.39. The molecule has 0 aromatic rings. The summed E-state index contributed by atoms with van der Waals surface area (Å²) in [7, 11) is 0. The molecular formula is C16H25NO4. The van der Waals surface area contributed by atoms with Gasteiger partial charge < -0.3 is 15.5 Å². The van der Waals surface area contributed by atoms with E-state index in [-0.39, 0.29) is 24.3 Å². The lowest BCUT2D eigenvalue weighted by Gasteiger charge is -2.60. The average molecular weight is 295 g/mol. The van der Waals surface area contributed by atoms with Gasteiger partial charge in [0.2, 0.25) is 5.91 Å². The predicted molar refractivity (Wildman–Crippen MR) is 76.5 cm³/mol. The van der Waals surface area contributed by atoms with Crippen LogP contribution in [0.2, 0.25) is 0 Å². The maximum atomic E-state index is 12.7. The van der Waals surface area contributed by atoms with E-state index in [0.717, 1.165) is 19.3 Å². The van der Waals surface area contributed by atoms with Crippen LogP contribution in [0.5, 0.6) is 0 Å². The molecule has 0 aromatic heterocycles. The number of aliphatic hydroxyl groups excluding tert-OH is 1. The standard InChI is InChI=1S/C16H25NO4/c1-15-5-10-4-11(6-15)8-16(7-10,9-15)14(21)17-3-2-12(18)13(19)20/h10-12,18H,2-9H2,1H3,(H,17,21)(H,19,20). The van der Waals surface area contributed by atoms with Gasteiger partial charge in [-0.25, -0.2) is 4.79 Å². The number of carboxylic acids is 1. The number of rotatable bonds is 5. The van der Waals surface area contributed by atoms with Crippen LogP contribution in [0.15, 0.2) is 0 Å². The van der Waals surface area contributed by atoms with Gasteiger partial charge in [0.05, 0.1) is 5.41 Å². The molecule has 0 saturated heterocycles. The van der Waals surface area contributed by atoms with Gasteiger partial charge in [0.1, 0.15) is 0 Å². The summed E-state index contributed by atoms with van der Waals surface area (Å²) >= 11 is 0. The van der Waals surface area contributed by atoms with Gasteiger partial charge >= 0.3 is 5.97 Å². The van der Waals surface area contributed by atoms with E-state index in [1.54, 1.807) is 0 Å². The van der Waals surface area contributed by atoms with Gasteiger partial charge in [-0.3, -0.25) is 4.79 Å². The smallest absolute Gasteiger partial charge is 0.332 e. The van der Waals surface area contributed by atoms with Crippen LogP contribution < -0.4 is 5.32 Å². The number of aliphatic carboxylic acids is 1. The number of carbonyl (C=O) groups excluding carboxylic acids is 1. The monoisotopic (exact) mass is 295 g/mol. The van der Waals surface area contributed by atoms with Crippen LogP contribution in [0, 0.1) is 22.7 Å². The Bertz CT molecular complexity index is 447. The highest BCUT2D eigenvalue weighted by Gasteiger charge is 2.58. The molecular weight excluding hydrogens is 270 g/mol. The fourth-order valence-electron chi connectivity index (χ4n) is 5.62. The van der Waals surface area contributed by atoms with E-state index in [1.807, 2.05) is 0 Å². The second-order valence-corrected chi connectivity index (χ2v) is 7.95. The van der Waals surface area contributed by atoms with E-state index in [2.05, 4.69) is 12.2 Å². The molecule has 21 heavy (non-hydrogen) atoms. The molecule has 4 bridgehead atoms. The third kappa shape index (κ3) is 2.68. The molecule has 5 nitrogen and oxygen atoms in total. The lowest BCUT2D eigenvalue weighted by molar-refractivity contribution is -0.155. The summed E-state index contributed by atoms with van der Waals surface area (Å²) in [6.07, 6.45) is 5.44. The van der Waals surface area contributed by atoms with E-state index in [0.29, 0.717) is 17.3 Å². The number of nitrogens with one attached hydrogen (secondary N) is 1. The van der Waals surface area contributed by atoms with Gasteiger partial charge in [-0.05, 0) is 55.8 Å². The summed E-state index contributed by atoms with van der Waals surface area (Å²) in [6, 6.07) is 0. The zero-order valence-corrected chi connectivity index (χ0v) is 12.6. The first-order valence-corrected chi connectivity index (χ1v) is 8.01. The van der Waals surface area contributed by atoms with Crippen molar-refractivity contribution >= 4 is 11.9 Å². The molecule has 0 aromatic carbocycles. The van der Waals surface area contributed by atoms with Gasteiger partial charge in [-0.1, -0.05) is 6.92 Å². The van der Waals surface area contributed by atoms with E-state index < -0.39 is 12.1 Å². The summed E-state index contributed by atoms with van der Waals surface area (Å²) in [5.74, 6) is 0.227. The molecule has 4 saturated carbocycles. The molecule has 4 rings (SSSR count). The van der Waals surface area contributed by atoms with E-state index in [9.17, 15) is 14.7 Å². The number of carbonyl (C=O) groups is 2. The third-order valence-electron chi connectivity index (χ3n) is 5.82. The quantitative estimate of drug-likeness (QED) is 0.718. The molecule has 0 heterocycles. The highest BCUT2D eigenvalue weighted by atomic mass is 16.4. The van der Waals surface area contributed by atoms with Crippen LogP contribution in [0.3, 0.4) is 0 Å². The number of hydrogen-bond acceptors (Lipinski definition) is 3. The highest BCUT2D eigenvalue weighted by Crippen LogP contribution is 2.65. The number of carboxylic acid groups (broad SMARTS) is 1. The third-order valence-corrected chi connectivity index (χ3v) is 5.82. The molecule has 0 aliphatic heterocycles. The zero-order valence-electron chi connectivity index (χ0n) is 12.6. The predicted octanol–water partition coefficient (Wildman–Crippen LogP) is 1.54. The van der Waals surface area contributed by atoms with Crippen molar-refractivity contribution < 1.29 is 19.8 Å². The summed E-state index contributed by atoms with van der Waals surface area (Å²) in [5.41, 5.74) is 0.0923. The first-order valence-electron chi connectivity index (χ1n) is 8.01. The van der Waals surface area contributed by atoms with Crippen molar-refractivity contribution in [1.29, 1.82) is 0 Å². The number of aliphatic hydroxyl groups is 1. The van der Waals surface area contributed by atoms with E-state index in [1.165, 1.54) is 19.3 Å². The first-order chi connectivity index (χ1) is 9.82. The lowest BCUT2D eigenvalue weighted by atomic mass is 9.44. The summed E-state index contributed by atoms with van der Waals surface area (Å²) in [4.78, 5) is 23.2. The van der Waals surface area contributed by atoms with E-state index >= 15 is 0 Å². The van der Waals surface area contributed by atoms with Crippen molar-refractivity contribution in [2.75, 3.05) is 6.54 Å². The first kappa shape index (κ1) is 14.8.